The van der Waals surface area contributed by atoms with Crippen molar-refractivity contribution in [2.45, 2.75) is 0 Å². The van der Waals surface area contributed by atoms with Gasteiger partial charge in [0.15, 0.2) is 6.29 Å². The van der Waals surface area contributed by atoms with Crippen LogP contribution in [0.4, 0.5) is 10.1 Å². The molecule has 3 aromatic rings. The Hall–Kier alpha value is -2.53. The molecule has 0 bridgehead atoms. The lowest BCUT2D eigenvalue weighted by molar-refractivity contribution is 0.112. The number of nitrogen functional groups attached to an aromatic ring is 1. The highest BCUT2D eigenvalue weighted by Gasteiger charge is 2.18. The molecule has 3 nitrogen and oxygen atoms in total. The van der Waals surface area contributed by atoms with Crippen molar-refractivity contribution in [3.63, 3.8) is 0 Å². The van der Waals surface area contributed by atoms with Gasteiger partial charge >= 0.3 is 0 Å². The summed E-state index contributed by atoms with van der Waals surface area (Å²) in [5, 5.41) is 9.22. The van der Waals surface area contributed by atoms with Gasteiger partial charge in [-0.2, -0.15) is 0 Å². The van der Waals surface area contributed by atoms with E-state index in [0.29, 0.717) is 11.2 Å². The van der Waals surface area contributed by atoms with Crippen molar-refractivity contribution in [1.29, 1.82) is 5.41 Å². The summed E-state index contributed by atoms with van der Waals surface area (Å²) >= 11 is 1.40. The highest BCUT2D eigenvalue weighted by atomic mass is 32.1. The summed E-state index contributed by atoms with van der Waals surface area (Å²) in [5.41, 5.74) is 5.82. The predicted molar refractivity (Wildman–Crippen MR) is 84.0 cm³/mol. The molecule has 21 heavy (non-hydrogen) atoms. The summed E-state index contributed by atoms with van der Waals surface area (Å²) in [6.07, 6.45) is 0.427. The molecular formula is C16H11FN2OS. The maximum absolute atomic E-state index is 14.3. The van der Waals surface area contributed by atoms with Crippen LogP contribution in [0.25, 0.3) is 10.1 Å². The van der Waals surface area contributed by atoms with Crippen LogP contribution in [0.15, 0.2) is 42.5 Å². The number of benzene rings is 2. The van der Waals surface area contributed by atoms with E-state index in [-0.39, 0.29) is 22.5 Å². The summed E-state index contributed by atoms with van der Waals surface area (Å²) in [7, 11) is 0. The van der Waals surface area contributed by atoms with Crippen molar-refractivity contribution in [3.05, 3.63) is 64.3 Å². The summed E-state index contributed by atoms with van der Waals surface area (Å²) in [6.45, 7) is 0. The van der Waals surface area contributed by atoms with Gasteiger partial charge in [0, 0.05) is 10.4 Å². The molecule has 0 saturated carbocycles. The number of halogens is 1. The van der Waals surface area contributed by atoms with Crippen LogP contribution in [0.1, 0.15) is 20.8 Å². The van der Waals surface area contributed by atoms with Crippen LogP contribution in [-0.2, 0) is 0 Å². The van der Waals surface area contributed by atoms with E-state index in [9.17, 15) is 9.18 Å². The fourth-order valence-corrected chi connectivity index (χ4v) is 3.20. The van der Waals surface area contributed by atoms with Crippen LogP contribution < -0.4 is 5.73 Å². The molecule has 3 N–H and O–H groups in total. The highest BCUT2D eigenvalue weighted by molar-refractivity contribution is 7.21. The first-order valence-corrected chi connectivity index (χ1v) is 7.04. The molecule has 0 spiro atoms. The van der Waals surface area contributed by atoms with Crippen molar-refractivity contribution >= 4 is 39.1 Å². The van der Waals surface area contributed by atoms with Gasteiger partial charge < -0.3 is 5.73 Å². The number of hydrogen-bond donors (Lipinski definition) is 2. The molecule has 0 aliphatic carbocycles. The molecule has 0 amide bonds. The third kappa shape index (κ3) is 2.21. The van der Waals surface area contributed by atoms with Crippen molar-refractivity contribution in [2.75, 3.05) is 5.73 Å². The van der Waals surface area contributed by atoms with Crippen LogP contribution in [0, 0.1) is 11.2 Å². The van der Waals surface area contributed by atoms with E-state index in [2.05, 4.69) is 0 Å². The van der Waals surface area contributed by atoms with Gasteiger partial charge in [-0.3, -0.25) is 10.2 Å². The van der Waals surface area contributed by atoms with Gasteiger partial charge in [-0.05, 0) is 29.7 Å². The standard InChI is InChI=1S/C16H11FN2OS/c17-15-10(8-20)5-6-11(18)14(15)16(19)13-7-9-3-1-2-4-12(9)21-13/h1-8,19H,18H2. The highest BCUT2D eigenvalue weighted by Crippen LogP contribution is 2.30. The predicted octanol–water partition coefficient (Wildman–Crippen LogP) is 3.85. The average molecular weight is 298 g/mol. The molecule has 104 valence electrons. The molecule has 3 rings (SSSR count). The minimum absolute atomic E-state index is 0.00472. The first kappa shape index (κ1) is 13.5. The quantitative estimate of drug-likeness (QED) is 0.438. The maximum Gasteiger partial charge on any atom is 0.153 e. The Morgan fingerprint density at radius 1 is 1.24 bits per heavy atom. The van der Waals surface area contributed by atoms with Crippen LogP contribution in [-0.4, -0.2) is 12.0 Å². The Bertz CT molecular complexity index is 837. The van der Waals surface area contributed by atoms with E-state index >= 15 is 0 Å². The lowest BCUT2D eigenvalue weighted by atomic mass is 10.0. The van der Waals surface area contributed by atoms with Crippen molar-refractivity contribution in [3.8, 4) is 0 Å². The number of nitrogens with two attached hydrogens (primary N) is 1. The van der Waals surface area contributed by atoms with E-state index in [1.807, 2.05) is 30.3 Å². The third-order valence-electron chi connectivity index (χ3n) is 3.25. The molecule has 5 heteroatoms. The fraction of sp³-hybridized carbons (Fsp3) is 0. The Balaban J connectivity index is 2.16. The smallest absolute Gasteiger partial charge is 0.153 e. The van der Waals surface area contributed by atoms with Crippen LogP contribution in [0.2, 0.25) is 0 Å². The Kier molecular flexibility index (Phi) is 3.27. The number of hydrogen-bond acceptors (Lipinski definition) is 4. The Labute approximate surface area is 124 Å². The van der Waals surface area contributed by atoms with Gasteiger partial charge in [0.05, 0.1) is 21.7 Å². The second-order valence-electron chi connectivity index (χ2n) is 4.57. The number of nitrogens with one attached hydrogen (secondary N) is 1. The topological polar surface area (TPSA) is 66.9 Å². The van der Waals surface area contributed by atoms with E-state index in [1.165, 1.54) is 23.5 Å². The summed E-state index contributed by atoms with van der Waals surface area (Å²) in [5.74, 6) is -0.743. The van der Waals surface area contributed by atoms with E-state index < -0.39 is 5.82 Å². The normalized spacial score (nSPS) is 10.7. The minimum Gasteiger partial charge on any atom is -0.398 e. The molecule has 0 atom stereocenters. The molecule has 0 saturated heterocycles. The zero-order chi connectivity index (χ0) is 15.0. The summed E-state index contributed by atoms with van der Waals surface area (Å²) in [4.78, 5) is 11.5. The largest absolute Gasteiger partial charge is 0.398 e. The molecular weight excluding hydrogens is 287 g/mol. The van der Waals surface area contributed by atoms with E-state index in [4.69, 9.17) is 11.1 Å². The Morgan fingerprint density at radius 2 is 2.00 bits per heavy atom. The maximum atomic E-state index is 14.3. The minimum atomic E-state index is -0.743. The van der Waals surface area contributed by atoms with Gasteiger partial charge in [-0.25, -0.2) is 4.39 Å². The lowest BCUT2D eigenvalue weighted by Crippen LogP contribution is -2.09. The average Bonchev–Trinajstić information content (AvgIpc) is 2.91. The number of anilines is 1. The summed E-state index contributed by atoms with van der Waals surface area (Å²) < 4.78 is 15.3. The molecule has 0 aliphatic heterocycles. The van der Waals surface area contributed by atoms with Gasteiger partial charge in [0.25, 0.3) is 0 Å². The molecule has 0 unspecified atom stereocenters. The number of thiophene rings is 1. The zero-order valence-electron chi connectivity index (χ0n) is 10.9. The number of fused-ring (bicyclic) bond motifs is 1. The molecule has 0 aliphatic rings. The van der Waals surface area contributed by atoms with Crippen LogP contribution in [0.3, 0.4) is 0 Å². The first-order chi connectivity index (χ1) is 10.1. The molecule has 0 fully saturated rings. The third-order valence-corrected chi connectivity index (χ3v) is 4.39. The van der Waals surface area contributed by atoms with Gasteiger partial charge in [0.1, 0.15) is 5.82 Å². The van der Waals surface area contributed by atoms with E-state index in [0.717, 1.165) is 10.1 Å². The van der Waals surface area contributed by atoms with Gasteiger partial charge in [-0.1, -0.05) is 18.2 Å². The molecule has 1 aromatic heterocycles. The van der Waals surface area contributed by atoms with Gasteiger partial charge in [-0.15, -0.1) is 11.3 Å². The number of aldehydes is 1. The Morgan fingerprint density at radius 3 is 2.71 bits per heavy atom. The van der Waals surface area contributed by atoms with Crippen LogP contribution in [0.5, 0.6) is 0 Å². The summed E-state index contributed by atoms with van der Waals surface area (Å²) in [6, 6.07) is 12.3. The second kappa shape index (κ2) is 5.10. The SMILES string of the molecule is N=C(c1cc2ccccc2s1)c1c(N)ccc(C=O)c1F. The number of rotatable bonds is 3. The van der Waals surface area contributed by atoms with Crippen LogP contribution >= 0.6 is 11.3 Å². The molecule has 0 radical (unpaired) electrons. The van der Waals surface area contributed by atoms with Crippen molar-refractivity contribution < 1.29 is 9.18 Å². The molecule has 1 heterocycles. The first-order valence-electron chi connectivity index (χ1n) is 6.23. The van der Waals surface area contributed by atoms with Crippen molar-refractivity contribution in [1.82, 2.24) is 0 Å². The van der Waals surface area contributed by atoms with Crippen molar-refractivity contribution in [2.24, 2.45) is 0 Å². The molecule has 2 aromatic carbocycles. The monoisotopic (exact) mass is 298 g/mol. The fourth-order valence-electron chi connectivity index (χ4n) is 2.18. The second-order valence-corrected chi connectivity index (χ2v) is 5.66. The lowest BCUT2D eigenvalue weighted by Gasteiger charge is -2.08. The zero-order valence-corrected chi connectivity index (χ0v) is 11.7. The number of carbonyl (C=O) groups excluding carboxylic acids is 1. The van der Waals surface area contributed by atoms with Gasteiger partial charge in [0.2, 0.25) is 0 Å². The van der Waals surface area contributed by atoms with E-state index in [1.54, 1.807) is 0 Å². The number of carbonyl (C=O) groups is 1.